The second kappa shape index (κ2) is 11.4. The normalized spacial score (nSPS) is 11.6. The number of aromatic nitrogens is 1. The van der Waals surface area contributed by atoms with Crippen molar-refractivity contribution in [2.45, 2.75) is 32.6 Å². The minimum Gasteiger partial charge on any atom is -0.318 e. The Morgan fingerprint density at radius 1 is 0.974 bits per heavy atom. The van der Waals surface area contributed by atoms with Crippen molar-refractivity contribution in [1.29, 1.82) is 0 Å². The number of halogens is 1. The van der Waals surface area contributed by atoms with Crippen molar-refractivity contribution in [3.05, 3.63) is 111 Å². The van der Waals surface area contributed by atoms with Crippen LogP contribution in [0.15, 0.2) is 93.3 Å². The van der Waals surface area contributed by atoms with Crippen LogP contribution in [0.3, 0.4) is 0 Å². The third-order valence-electron chi connectivity index (χ3n) is 6.23. The average molecular weight is 594 g/mol. The Bertz CT molecular complexity index is 1590. The van der Waals surface area contributed by atoms with Crippen LogP contribution in [0.4, 0.5) is 5.69 Å². The molecule has 38 heavy (non-hydrogen) atoms. The molecule has 0 bridgehead atoms. The summed E-state index contributed by atoms with van der Waals surface area (Å²) in [6.07, 6.45) is 1.58. The fourth-order valence-electron chi connectivity index (χ4n) is 4.20. The Kier molecular flexibility index (Phi) is 8.18. The van der Waals surface area contributed by atoms with Crippen LogP contribution in [-0.2, 0) is 14.8 Å². The second-order valence-corrected chi connectivity index (χ2v) is 11.8. The molecule has 1 amide bonds. The summed E-state index contributed by atoms with van der Waals surface area (Å²) in [4.78, 5) is 13.0. The van der Waals surface area contributed by atoms with E-state index in [1.165, 1.54) is 12.1 Å². The quantitative estimate of drug-likeness (QED) is 0.207. The third-order valence-corrected chi connectivity index (χ3v) is 8.55. The summed E-state index contributed by atoms with van der Waals surface area (Å²) in [5.74, 6) is -0.562. The molecule has 1 heterocycles. The minimum absolute atomic E-state index is 0.103. The van der Waals surface area contributed by atoms with Crippen LogP contribution in [0.25, 0.3) is 5.69 Å². The zero-order valence-electron chi connectivity index (χ0n) is 21.6. The monoisotopic (exact) mass is 592 g/mol. The topological polar surface area (TPSA) is 83.8 Å². The van der Waals surface area contributed by atoms with Gasteiger partial charge in [0.2, 0.25) is 0 Å². The molecule has 196 valence electrons. The molecule has 0 aliphatic carbocycles. The molecule has 3 aromatic carbocycles. The van der Waals surface area contributed by atoms with Gasteiger partial charge in [-0.3, -0.25) is 9.10 Å². The van der Waals surface area contributed by atoms with E-state index in [0.717, 1.165) is 42.5 Å². The number of rotatable bonds is 8. The van der Waals surface area contributed by atoms with E-state index in [1.54, 1.807) is 42.6 Å². The van der Waals surface area contributed by atoms with Crippen LogP contribution in [0.5, 0.6) is 0 Å². The fraction of sp³-hybridized carbons (Fsp3) is 0.172. The molecule has 1 aromatic heterocycles. The zero-order chi connectivity index (χ0) is 27.4. The number of aryl methyl sites for hydroxylation is 3. The molecule has 0 unspecified atom stereocenters. The number of hydrazone groups is 1. The van der Waals surface area contributed by atoms with E-state index >= 15 is 0 Å². The third kappa shape index (κ3) is 5.89. The van der Waals surface area contributed by atoms with Gasteiger partial charge in [0.1, 0.15) is 6.54 Å². The van der Waals surface area contributed by atoms with Crippen LogP contribution in [0.1, 0.15) is 28.1 Å². The van der Waals surface area contributed by atoms with Gasteiger partial charge < -0.3 is 4.57 Å². The van der Waals surface area contributed by atoms with Crippen LogP contribution in [-0.4, -0.2) is 31.7 Å². The molecule has 0 saturated carbocycles. The highest BCUT2D eigenvalue weighted by molar-refractivity contribution is 9.10. The summed E-state index contributed by atoms with van der Waals surface area (Å²) in [6.45, 7) is 7.52. The van der Waals surface area contributed by atoms with E-state index in [1.807, 2.05) is 39.0 Å². The largest absolute Gasteiger partial charge is 0.318 e. The van der Waals surface area contributed by atoms with Crippen molar-refractivity contribution in [2.24, 2.45) is 5.10 Å². The number of sulfonamides is 1. The Labute approximate surface area is 232 Å². The second-order valence-electron chi connectivity index (χ2n) is 9.04. The van der Waals surface area contributed by atoms with Gasteiger partial charge in [0, 0.05) is 27.1 Å². The van der Waals surface area contributed by atoms with E-state index in [-0.39, 0.29) is 4.90 Å². The van der Waals surface area contributed by atoms with Gasteiger partial charge in [0.25, 0.3) is 15.9 Å². The number of amides is 1. The van der Waals surface area contributed by atoms with E-state index in [2.05, 4.69) is 50.1 Å². The van der Waals surface area contributed by atoms with Gasteiger partial charge in [-0.25, -0.2) is 13.8 Å². The van der Waals surface area contributed by atoms with Crippen molar-refractivity contribution in [2.75, 3.05) is 10.8 Å². The first-order valence-corrected chi connectivity index (χ1v) is 14.2. The summed E-state index contributed by atoms with van der Waals surface area (Å²) >= 11 is 3.37. The molecule has 4 rings (SSSR count). The number of hydrogen-bond donors (Lipinski definition) is 1. The van der Waals surface area contributed by atoms with Crippen molar-refractivity contribution < 1.29 is 13.2 Å². The Morgan fingerprint density at radius 3 is 2.29 bits per heavy atom. The van der Waals surface area contributed by atoms with E-state index in [9.17, 15) is 13.2 Å². The number of carbonyl (C=O) groups is 1. The van der Waals surface area contributed by atoms with E-state index in [4.69, 9.17) is 0 Å². The maximum Gasteiger partial charge on any atom is 0.264 e. The lowest BCUT2D eigenvalue weighted by Gasteiger charge is -2.23. The molecule has 0 fully saturated rings. The van der Waals surface area contributed by atoms with Gasteiger partial charge in [-0.1, -0.05) is 51.8 Å². The highest BCUT2D eigenvalue weighted by atomic mass is 79.9. The van der Waals surface area contributed by atoms with Crippen LogP contribution >= 0.6 is 15.9 Å². The number of para-hydroxylation sites is 1. The Balaban J connectivity index is 1.56. The number of hydrogen-bond acceptors (Lipinski definition) is 4. The molecule has 0 radical (unpaired) electrons. The molecule has 4 aromatic rings. The summed E-state index contributed by atoms with van der Waals surface area (Å²) in [6, 6.07) is 23.4. The predicted molar refractivity (Wildman–Crippen MR) is 156 cm³/mol. The zero-order valence-corrected chi connectivity index (χ0v) is 24.0. The number of carbonyl (C=O) groups excluding carboxylic acids is 1. The SMILES string of the molecule is Cc1ccc(S(=O)(=O)N(CC(=O)N/N=C\c2cc(C)n(-c3ccccc3C)c2C)c2ccc(Br)cc2)cc1. The maximum absolute atomic E-state index is 13.5. The van der Waals surface area contributed by atoms with Gasteiger partial charge in [-0.15, -0.1) is 0 Å². The molecule has 1 N–H and O–H groups in total. The lowest BCUT2D eigenvalue weighted by Crippen LogP contribution is -2.39. The first-order valence-electron chi connectivity index (χ1n) is 12.0. The van der Waals surface area contributed by atoms with Gasteiger partial charge >= 0.3 is 0 Å². The highest BCUT2D eigenvalue weighted by Crippen LogP contribution is 2.26. The smallest absolute Gasteiger partial charge is 0.264 e. The van der Waals surface area contributed by atoms with Gasteiger partial charge in [-0.05, 0) is 81.8 Å². The van der Waals surface area contributed by atoms with Crippen molar-refractivity contribution in [3.63, 3.8) is 0 Å². The van der Waals surface area contributed by atoms with Crippen molar-refractivity contribution >= 4 is 43.8 Å². The minimum atomic E-state index is -4.00. The lowest BCUT2D eigenvalue weighted by atomic mass is 10.2. The summed E-state index contributed by atoms with van der Waals surface area (Å²) in [5.41, 5.74) is 8.89. The van der Waals surface area contributed by atoms with Gasteiger partial charge in [-0.2, -0.15) is 5.10 Å². The fourth-order valence-corrected chi connectivity index (χ4v) is 5.89. The number of anilines is 1. The first-order chi connectivity index (χ1) is 18.1. The van der Waals surface area contributed by atoms with E-state index < -0.39 is 22.5 Å². The summed E-state index contributed by atoms with van der Waals surface area (Å²) < 4.78 is 31.0. The molecular weight excluding hydrogens is 564 g/mol. The van der Waals surface area contributed by atoms with Crippen LogP contribution < -0.4 is 9.73 Å². The molecular formula is C29H29BrN4O3S. The molecule has 0 aliphatic heterocycles. The molecule has 9 heteroatoms. The summed E-state index contributed by atoms with van der Waals surface area (Å²) in [5, 5.41) is 4.13. The van der Waals surface area contributed by atoms with Crippen LogP contribution in [0.2, 0.25) is 0 Å². The van der Waals surface area contributed by atoms with Crippen molar-refractivity contribution in [1.82, 2.24) is 9.99 Å². The summed E-state index contributed by atoms with van der Waals surface area (Å²) in [7, 11) is -4.00. The molecule has 0 aliphatic rings. The maximum atomic E-state index is 13.5. The predicted octanol–water partition coefficient (Wildman–Crippen LogP) is 5.82. The van der Waals surface area contributed by atoms with Crippen molar-refractivity contribution in [3.8, 4) is 5.69 Å². The number of nitrogens with one attached hydrogen (secondary N) is 1. The molecule has 0 saturated heterocycles. The average Bonchev–Trinajstić information content (AvgIpc) is 3.16. The van der Waals surface area contributed by atoms with Gasteiger partial charge in [0.15, 0.2) is 0 Å². The number of nitrogens with zero attached hydrogens (tertiary/aromatic N) is 3. The Hall–Kier alpha value is -3.69. The number of benzene rings is 3. The first kappa shape index (κ1) is 27.3. The van der Waals surface area contributed by atoms with Gasteiger partial charge in [0.05, 0.1) is 16.8 Å². The molecule has 0 spiro atoms. The Morgan fingerprint density at radius 2 is 1.63 bits per heavy atom. The molecule has 7 nitrogen and oxygen atoms in total. The lowest BCUT2D eigenvalue weighted by molar-refractivity contribution is -0.119. The highest BCUT2D eigenvalue weighted by Gasteiger charge is 2.27. The van der Waals surface area contributed by atoms with E-state index in [0.29, 0.717) is 5.69 Å². The standard InChI is InChI=1S/C29H29BrN4O3S/c1-20-9-15-27(16-10-20)38(36,37)33(26-13-11-25(30)12-14-26)19-29(35)32-31-18-24-17-22(3)34(23(24)4)28-8-6-5-7-21(28)2/h5-18H,19H2,1-4H3,(H,32,35)/b31-18-. The molecule has 0 atom stereocenters. The van der Waals surface area contributed by atoms with Crippen LogP contribution in [0, 0.1) is 27.7 Å².